The lowest BCUT2D eigenvalue weighted by atomic mass is 10.1. The Morgan fingerprint density at radius 1 is 1.25 bits per heavy atom. The van der Waals surface area contributed by atoms with Crippen LogP contribution in [0.2, 0.25) is 0 Å². The molecule has 2 rings (SSSR count). The van der Waals surface area contributed by atoms with E-state index in [1.807, 2.05) is 18.2 Å². The van der Waals surface area contributed by atoms with Crippen LogP contribution in [0.25, 0.3) is 11.3 Å². The van der Waals surface area contributed by atoms with Crippen LogP contribution in [-0.2, 0) is 6.54 Å². The van der Waals surface area contributed by atoms with Crippen molar-refractivity contribution in [3.8, 4) is 11.3 Å². The second-order valence-electron chi connectivity index (χ2n) is 4.18. The van der Waals surface area contributed by atoms with Crippen molar-refractivity contribution in [2.45, 2.75) is 26.4 Å². The summed E-state index contributed by atoms with van der Waals surface area (Å²) in [4.78, 5) is 0. The molecule has 1 aromatic carbocycles. The number of nitrogens with one attached hydrogen (secondary N) is 2. The number of benzene rings is 1. The van der Waals surface area contributed by atoms with Gasteiger partial charge in [-0.2, -0.15) is 5.10 Å². The third-order valence-electron chi connectivity index (χ3n) is 2.40. The summed E-state index contributed by atoms with van der Waals surface area (Å²) in [5, 5.41) is 10.7. The SMILES string of the molecule is CC(C)NCc1cc(-c2ccccc2)n[nH]1. The van der Waals surface area contributed by atoms with Crippen molar-refractivity contribution in [2.75, 3.05) is 0 Å². The fourth-order valence-corrected chi connectivity index (χ4v) is 1.52. The van der Waals surface area contributed by atoms with Gasteiger partial charge in [0.15, 0.2) is 0 Å². The van der Waals surface area contributed by atoms with E-state index in [1.54, 1.807) is 0 Å². The molecule has 84 valence electrons. The number of hydrogen-bond donors (Lipinski definition) is 2. The molecule has 0 spiro atoms. The largest absolute Gasteiger partial charge is 0.309 e. The number of hydrogen-bond acceptors (Lipinski definition) is 2. The monoisotopic (exact) mass is 215 g/mol. The maximum Gasteiger partial charge on any atom is 0.0924 e. The zero-order valence-electron chi connectivity index (χ0n) is 9.70. The van der Waals surface area contributed by atoms with Gasteiger partial charge in [0, 0.05) is 23.8 Å². The van der Waals surface area contributed by atoms with Crippen molar-refractivity contribution >= 4 is 0 Å². The third-order valence-corrected chi connectivity index (χ3v) is 2.40. The van der Waals surface area contributed by atoms with Gasteiger partial charge in [-0.05, 0) is 6.07 Å². The number of H-pyrrole nitrogens is 1. The first kappa shape index (κ1) is 10.9. The number of aromatic nitrogens is 2. The van der Waals surface area contributed by atoms with Crippen LogP contribution >= 0.6 is 0 Å². The number of aromatic amines is 1. The average Bonchev–Trinajstić information content (AvgIpc) is 2.76. The van der Waals surface area contributed by atoms with Crippen molar-refractivity contribution in [3.63, 3.8) is 0 Å². The molecule has 0 aliphatic carbocycles. The summed E-state index contributed by atoms with van der Waals surface area (Å²) in [5.41, 5.74) is 3.27. The first-order chi connectivity index (χ1) is 7.75. The molecule has 2 aromatic rings. The summed E-state index contributed by atoms with van der Waals surface area (Å²) in [6.07, 6.45) is 0. The molecule has 0 aliphatic heterocycles. The van der Waals surface area contributed by atoms with Crippen LogP contribution in [0.15, 0.2) is 36.4 Å². The summed E-state index contributed by atoms with van der Waals surface area (Å²) < 4.78 is 0. The predicted molar refractivity (Wildman–Crippen MR) is 66.0 cm³/mol. The van der Waals surface area contributed by atoms with Gasteiger partial charge in [0.2, 0.25) is 0 Å². The molecule has 3 heteroatoms. The van der Waals surface area contributed by atoms with Crippen LogP contribution in [-0.4, -0.2) is 16.2 Å². The van der Waals surface area contributed by atoms with Gasteiger partial charge >= 0.3 is 0 Å². The van der Waals surface area contributed by atoms with E-state index in [9.17, 15) is 0 Å². The van der Waals surface area contributed by atoms with Crippen molar-refractivity contribution in [2.24, 2.45) is 0 Å². The van der Waals surface area contributed by atoms with Crippen LogP contribution in [0.3, 0.4) is 0 Å². The maximum absolute atomic E-state index is 4.30. The average molecular weight is 215 g/mol. The van der Waals surface area contributed by atoms with Gasteiger partial charge in [-0.1, -0.05) is 44.2 Å². The Morgan fingerprint density at radius 3 is 2.69 bits per heavy atom. The minimum atomic E-state index is 0.489. The zero-order valence-corrected chi connectivity index (χ0v) is 9.70. The highest BCUT2D eigenvalue weighted by atomic mass is 15.1. The molecule has 0 fully saturated rings. The molecule has 0 bridgehead atoms. The minimum Gasteiger partial charge on any atom is -0.309 e. The Balaban J connectivity index is 2.08. The molecular formula is C13H17N3. The summed E-state index contributed by atoms with van der Waals surface area (Å²) in [6, 6.07) is 12.8. The fourth-order valence-electron chi connectivity index (χ4n) is 1.52. The summed E-state index contributed by atoms with van der Waals surface area (Å²) in [5.74, 6) is 0. The van der Waals surface area contributed by atoms with Gasteiger partial charge in [0.1, 0.15) is 0 Å². The maximum atomic E-state index is 4.30. The molecule has 3 nitrogen and oxygen atoms in total. The molecule has 0 unspecified atom stereocenters. The molecule has 0 atom stereocenters. The molecule has 1 aromatic heterocycles. The molecule has 0 saturated heterocycles. The van der Waals surface area contributed by atoms with E-state index in [1.165, 1.54) is 0 Å². The zero-order chi connectivity index (χ0) is 11.4. The minimum absolute atomic E-state index is 0.489. The molecule has 0 saturated carbocycles. The molecule has 16 heavy (non-hydrogen) atoms. The van der Waals surface area contributed by atoms with Crippen LogP contribution in [0.1, 0.15) is 19.5 Å². The lowest BCUT2D eigenvalue weighted by Crippen LogP contribution is -2.21. The molecule has 0 aliphatic rings. The first-order valence-electron chi connectivity index (χ1n) is 5.59. The summed E-state index contributed by atoms with van der Waals surface area (Å²) in [6.45, 7) is 5.10. The molecule has 2 N–H and O–H groups in total. The van der Waals surface area contributed by atoms with Crippen LogP contribution in [0, 0.1) is 0 Å². The lowest BCUT2D eigenvalue weighted by molar-refractivity contribution is 0.580. The van der Waals surface area contributed by atoms with Gasteiger partial charge in [-0.3, -0.25) is 5.10 Å². The van der Waals surface area contributed by atoms with Crippen molar-refractivity contribution in [1.82, 2.24) is 15.5 Å². The smallest absolute Gasteiger partial charge is 0.0924 e. The van der Waals surface area contributed by atoms with Gasteiger partial charge in [0.05, 0.1) is 5.69 Å². The van der Waals surface area contributed by atoms with Crippen molar-refractivity contribution < 1.29 is 0 Å². The molecule has 0 amide bonds. The quantitative estimate of drug-likeness (QED) is 0.823. The topological polar surface area (TPSA) is 40.7 Å². The molecule has 1 heterocycles. The first-order valence-corrected chi connectivity index (χ1v) is 5.59. The second-order valence-corrected chi connectivity index (χ2v) is 4.18. The highest BCUT2D eigenvalue weighted by Crippen LogP contribution is 2.16. The fraction of sp³-hybridized carbons (Fsp3) is 0.308. The molecule has 0 radical (unpaired) electrons. The third kappa shape index (κ3) is 2.70. The van der Waals surface area contributed by atoms with Gasteiger partial charge < -0.3 is 5.32 Å². The van der Waals surface area contributed by atoms with E-state index in [-0.39, 0.29) is 0 Å². The van der Waals surface area contributed by atoms with E-state index in [4.69, 9.17) is 0 Å². The normalized spacial score (nSPS) is 10.9. The Bertz CT molecular complexity index is 431. The highest BCUT2D eigenvalue weighted by molar-refractivity contribution is 5.58. The Labute approximate surface area is 95.9 Å². The molecular weight excluding hydrogens is 198 g/mol. The van der Waals surface area contributed by atoms with Crippen molar-refractivity contribution in [1.29, 1.82) is 0 Å². The summed E-state index contributed by atoms with van der Waals surface area (Å²) in [7, 11) is 0. The van der Waals surface area contributed by atoms with Crippen LogP contribution in [0.4, 0.5) is 0 Å². The van der Waals surface area contributed by atoms with Crippen LogP contribution < -0.4 is 5.32 Å². The van der Waals surface area contributed by atoms with E-state index >= 15 is 0 Å². The summed E-state index contributed by atoms with van der Waals surface area (Å²) >= 11 is 0. The Kier molecular flexibility index (Phi) is 3.37. The van der Waals surface area contributed by atoms with E-state index < -0.39 is 0 Å². The van der Waals surface area contributed by atoms with E-state index in [0.717, 1.165) is 23.5 Å². The highest BCUT2D eigenvalue weighted by Gasteiger charge is 2.03. The Hall–Kier alpha value is -1.61. The van der Waals surface area contributed by atoms with Gasteiger partial charge in [0.25, 0.3) is 0 Å². The standard InChI is InChI=1S/C13H17N3/c1-10(2)14-9-12-8-13(16-15-12)11-6-4-3-5-7-11/h3-8,10,14H,9H2,1-2H3,(H,15,16). The van der Waals surface area contributed by atoms with E-state index in [2.05, 4.69) is 47.6 Å². The Morgan fingerprint density at radius 2 is 2.00 bits per heavy atom. The van der Waals surface area contributed by atoms with Gasteiger partial charge in [-0.15, -0.1) is 0 Å². The lowest BCUT2D eigenvalue weighted by Gasteiger charge is -2.04. The van der Waals surface area contributed by atoms with Gasteiger partial charge in [-0.25, -0.2) is 0 Å². The second kappa shape index (κ2) is 4.94. The van der Waals surface area contributed by atoms with Crippen LogP contribution in [0.5, 0.6) is 0 Å². The van der Waals surface area contributed by atoms with E-state index in [0.29, 0.717) is 6.04 Å². The number of nitrogens with zero attached hydrogens (tertiary/aromatic N) is 1. The predicted octanol–water partition coefficient (Wildman–Crippen LogP) is 2.57. The number of rotatable bonds is 4. The van der Waals surface area contributed by atoms with Crippen molar-refractivity contribution in [3.05, 3.63) is 42.1 Å².